The molecule has 0 aromatic heterocycles. The number of carbonyl (C=O) groups is 1. The summed E-state index contributed by atoms with van der Waals surface area (Å²) in [5.74, 6) is -0.119. The zero-order valence-corrected chi connectivity index (χ0v) is 9.23. The Morgan fingerprint density at radius 1 is 1.46 bits per heavy atom. The van der Waals surface area contributed by atoms with Gasteiger partial charge in [-0.1, -0.05) is 0 Å². The molecule has 0 unspecified atom stereocenters. The van der Waals surface area contributed by atoms with E-state index in [9.17, 15) is 4.79 Å². The zero-order valence-electron chi connectivity index (χ0n) is 8.47. The molecular weight excluding hydrogens is 190 g/mol. The van der Waals surface area contributed by atoms with Crippen molar-refractivity contribution in [3.63, 3.8) is 0 Å². The minimum Gasteiger partial charge on any atom is -0.379 e. The van der Waals surface area contributed by atoms with Crippen LogP contribution in [0.15, 0.2) is 0 Å². The Balaban J connectivity index is 3.21. The van der Waals surface area contributed by atoms with Crippen molar-refractivity contribution < 1.29 is 9.53 Å². The summed E-state index contributed by atoms with van der Waals surface area (Å²) in [6.45, 7) is 6.93. The van der Waals surface area contributed by atoms with E-state index in [-0.39, 0.29) is 12.0 Å². The standard InChI is InChI=1S/C9H18ClNO2/c1-7(2)13-6-4-5-11-9(12)8(3)10/h7-8H,4-6H2,1-3H3,(H,11,12)/t8-/m0/s1. The molecule has 3 nitrogen and oxygen atoms in total. The van der Waals surface area contributed by atoms with Crippen molar-refractivity contribution in [2.75, 3.05) is 13.2 Å². The first-order valence-electron chi connectivity index (χ1n) is 4.57. The SMILES string of the molecule is CC(C)OCCCNC(=O)[C@H](C)Cl. The second kappa shape index (κ2) is 7.15. The van der Waals surface area contributed by atoms with Crippen LogP contribution in [-0.2, 0) is 9.53 Å². The molecule has 0 radical (unpaired) electrons. The van der Waals surface area contributed by atoms with E-state index in [1.807, 2.05) is 13.8 Å². The predicted octanol–water partition coefficient (Wildman–Crippen LogP) is 1.54. The van der Waals surface area contributed by atoms with E-state index < -0.39 is 5.38 Å². The van der Waals surface area contributed by atoms with Crippen molar-refractivity contribution in [2.45, 2.75) is 38.7 Å². The predicted molar refractivity (Wildman–Crippen MR) is 54.0 cm³/mol. The lowest BCUT2D eigenvalue weighted by Crippen LogP contribution is -2.31. The summed E-state index contributed by atoms with van der Waals surface area (Å²) in [5, 5.41) is 2.25. The molecule has 0 aliphatic heterocycles. The van der Waals surface area contributed by atoms with E-state index in [4.69, 9.17) is 16.3 Å². The van der Waals surface area contributed by atoms with Gasteiger partial charge in [0.15, 0.2) is 0 Å². The van der Waals surface area contributed by atoms with Gasteiger partial charge in [0.05, 0.1) is 6.10 Å². The summed E-state index contributed by atoms with van der Waals surface area (Å²) >= 11 is 5.55. The normalized spacial score (nSPS) is 13.0. The smallest absolute Gasteiger partial charge is 0.237 e. The lowest BCUT2D eigenvalue weighted by Gasteiger charge is -2.08. The molecule has 0 aromatic carbocycles. The van der Waals surface area contributed by atoms with Gasteiger partial charge in [-0.25, -0.2) is 0 Å². The average molecular weight is 208 g/mol. The second-order valence-corrected chi connectivity index (χ2v) is 3.83. The van der Waals surface area contributed by atoms with Crippen LogP contribution in [0, 0.1) is 0 Å². The number of hydrogen-bond acceptors (Lipinski definition) is 2. The fraction of sp³-hybridized carbons (Fsp3) is 0.889. The molecule has 1 atom stereocenters. The maximum absolute atomic E-state index is 11.0. The molecule has 0 aromatic rings. The Hall–Kier alpha value is -0.280. The molecule has 78 valence electrons. The Labute approximate surface area is 84.8 Å². The van der Waals surface area contributed by atoms with Crippen LogP contribution in [0.2, 0.25) is 0 Å². The van der Waals surface area contributed by atoms with Gasteiger partial charge in [0, 0.05) is 13.2 Å². The first kappa shape index (κ1) is 12.7. The van der Waals surface area contributed by atoms with Crippen molar-refractivity contribution in [3.05, 3.63) is 0 Å². The van der Waals surface area contributed by atoms with Gasteiger partial charge in [-0.2, -0.15) is 0 Å². The number of amides is 1. The third-order valence-electron chi connectivity index (χ3n) is 1.43. The molecule has 0 aliphatic carbocycles. The molecule has 1 N–H and O–H groups in total. The number of ether oxygens (including phenoxy) is 1. The molecule has 0 aliphatic rings. The molecule has 0 saturated heterocycles. The maximum atomic E-state index is 11.0. The number of carbonyl (C=O) groups excluding carboxylic acids is 1. The van der Waals surface area contributed by atoms with Crippen molar-refractivity contribution >= 4 is 17.5 Å². The van der Waals surface area contributed by atoms with Crippen LogP contribution in [0.5, 0.6) is 0 Å². The van der Waals surface area contributed by atoms with Gasteiger partial charge in [-0.05, 0) is 27.2 Å². The molecule has 4 heteroatoms. The summed E-state index contributed by atoms with van der Waals surface area (Å²) < 4.78 is 5.30. The molecule has 1 amide bonds. The van der Waals surface area contributed by atoms with Crippen molar-refractivity contribution in [1.29, 1.82) is 0 Å². The molecule has 0 saturated carbocycles. The van der Waals surface area contributed by atoms with Crippen LogP contribution in [0.3, 0.4) is 0 Å². The average Bonchev–Trinajstić information content (AvgIpc) is 2.02. The van der Waals surface area contributed by atoms with Gasteiger partial charge in [0.2, 0.25) is 5.91 Å². The van der Waals surface area contributed by atoms with Crippen LogP contribution in [0.1, 0.15) is 27.2 Å². The highest BCUT2D eigenvalue weighted by molar-refractivity contribution is 6.30. The first-order chi connectivity index (χ1) is 6.04. The number of hydrogen-bond donors (Lipinski definition) is 1. The second-order valence-electron chi connectivity index (χ2n) is 3.18. The number of halogens is 1. The third kappa shape index (κ3) is 8.06. The molecule has 0 heterocycles. The first-order valence-corrected chi connectivity index (χ1v) is 5.01. The highest BCUT2D eigenvalue weighted by Crippen LogP contribution is 1.93. The van der Waals surface area contributed by atoms with Gasteiger partial charge in [-0.3, -0.25) is 4.79 Å². The largest absolute Gasteiger partial charge is 0.379 e. The van der Waals surface area contributed by atoms with Gasteiger partial charge in [-0.15, -0.1) is 11.6 Å². The molecular formula is C9H18ClNO2. The fourth-order valence-electron chi connectivity index (χ4n) is 0.743. The Bertz CT molecular complexity index is 149. The Morgan fingerprint density at radius 2 is 2.08 bits per heavy atom. The number of rotatable bonds is 6. The molecule has 0 spiro atoms. The van der Waals surface area contributed by atoms with E-state index in [1.54, 1.807) is 6.92 Å². The van der Waals surface area contributed by atoms with Crippen LogP contribution in [-0.4, -0.2) is 30.5 Å². The fourth-order valence-corrected chi connectivity index (χ4v) is 0.821. The van der Waals surface area contributed by atoms with Gasteiger partial charge in [0.1, 0.15) is 5.38 Å². The summed E-state index contributed by atoms with van der Waals surface area (Å²) in [6.07, 6.45) is 1.08. The van der Waals surface area contributed by atoms with Gasteiger partial charge in [0.25, 0.3) is 0 Å². The topological polar surface area (TPSA) is 38.3 Å². The van der Waals surface area contributed by atoms with Gasteiger partial charge >= 0.3 is 0 Å². The summed E-state index contributed by atoms with van der Waals surface area (Å²) in [7, 11) is 0. The quantitative estimate of drug-likeness (QED) is 0.530. The third-order valence-corrected chi connectivity index (χ3v) is 1.63. The number of alkyl halides is 1. The van der Waals surface area contributed by atoms with E-state index >= 15 is 0 Å². The van der Waals surface area contributed by atoms with E-state index in [2.05, 4.69) is 5.32 Å². The highest BCUT2D eigenvalue weighted by Gasteiger charge is 2.06. The lowest BCUT2D eigenvalue weighted by molar-refractivity contribution is -0.120. The molecule has 0 fully saturated rings. The highest BCUT2D eigenvalue weighted by atomic mass is 35.5. The van der Waals surface area contributed by atoms with E-state index in [0.717, 1.165) is 6.42 Å². The van der Waals surface area contributed by atoms with Crippen LogP contribution in [0.25, 0.3) is 0 Å². The molecule has 0 bridgehead atoms. The zero-order chi connectivity index (χ0) is 10.3. The van der Waals surface area contributed by atoms with Crippen molar-refractivity contribution in [3.8, 4) is 0 Å². The monoisotopic (exact) mass is 207 g/mol. The number of nitrogens with one attached hydrogen (secondary N) is 1. The van der Waals surface area contributed by atoms with Gasteiger partial charge < -0.3 is 10.1 Å². The lowest BCUT2D eigenvalue weighted by atomic mass is 10.4. The van der Waals surface area contributed by atoms with Crippen molar-refractivity contribution in [2.24, 2.45) is 0 Å². The summed E-state index contributed by atoms with van der Waals surface area (Å²) in [5.41, 5.74) is 0. The molecule has 0 rings (SSSR count). The Kier molecular flexibility index (Phi) is 7.00. The minimum absolute atomic E-state index is 0.119. The van der Waals surface area contributed by atoms with E-state index in [0.29, 0.717) is 13.2 Å². The van der Waals surface area contributed by atoms with Crippen LogP contribution < -0.4 is 5.32 Å². The van der Waals surface area contributed by atoms with Crippen molar-refractivity contribution in [1.82, 2.24) is 5.32 Å². The Morgan fingerprint density at radius 3 is 2.54 bits per heavy atom. The van der Waals surface area contributed by atoms with Crippen LogP contribution in [0.4, 0.5) is 0 Å². The van der Waals surface area contributed by atoms with Crippen LogP contribution >= 0.6 is 11.6 Å². The minimum atomic E-state index is -0.453. The maximum Gasteiger partial charge on any atom is 0.237 e. The summed E-state index contributed by atoms with van der Waals surface area (Å²) in [4.78, 5) is 11.0. The molecule has 13 heavy (non-hydrogen) atoms. The summed E-state index contributed by atoms with van der Waals surface area (Å²) in [6, 6.07) is 0. The van der Waals surface area contributed by atoms with E-state index in [1.165, 1.54) is 0 Å².